The molecule has 4 heterocycles. The molecule has 0 spiro atoms. The third kappa shape index (κ3) is 5.87. The summed E-state index contributed by atoms with van der Waals surface area (Å²) in [4.78, 5) is 46.9. The third-order valence-corrected chi connectivity index (χ3v) is 11.3. The monoisotopic (exact) mass is 704 g/mol. The van der Waals surface area contributed by atoms with Gasteiger partial charge in [0.1, 0.15) is 22.9 Å². The number of piperidine rings is 2. The molecule has 272 valence electrons. The Kier molecular flexibility index (Phi) is 7.30. The first kappa shape index (κ1) is 33.2. The molecular formula is C41H48N6O5. The molecule has 2 saturated heterocycles. The summed E-state index contributed by atoms with van der Waals surface area (Å²) >= 11 is 0. The molecule has 52 heavy (non-hydrogen) atoms. The van der Waals surface area contributed by atoms with Gasteiger partial charge in [0.05, 0.1) is 41.3 Å². The summed E-state index contributed by atoms with van der Waals surface area (Å²) in [6, 6.07) is 14.6. The van der Waals surface area contributed by atoms with Crippen LogP contribution in [0.15, 0.2) is 48.7 Å². The SMILES string of the molecule is CC(C)(C)OC(=O)N1[C@@H]2C[C@@H]2C[C@H]1c1nc2c([nH]1)CCCc1cc(-c3ccc(-c4cnc([C@@H]5C[C@@]6(O)C[C@H]6N5C(=O)OC(C)(C)C)[nH]4)cc3)ccc1-2. The Morgan fingerprint density at radius 2 is 1.52 bits per heavy atom. The first-order chi connectivity index (χ1) is 24.6. The second-order valence-corrected chi connectivity index (χ2v) is 17.6. The predicted molar refractivity (Wildman–Crippen MR) is 195 cm³/mol. The first-order valence-electron chi connectivity index (χ1n) is 18.8. The summed E-state index contributed by atoms with van der Waals surface area (Å²) in [5.41, 5.74) is 6.65. The largest absolute Gasteiger partial charge is 0.444 e. The molecule has 2 saturated carbocycles. The fraction of sp³-hybridized carbons (Fsp3) is 0.512. The number of carbonyl (C=O) groups is 2. The molecule has 0 radical (unpaired) electrons. The lowest BCUT2D eigenvalue weighted by Gasteiger charge is -2.29. The van der Waals surface area contributed by atoms with Gasteiger partial charge < -0.3 is 24.5 Å². The molecule has 5 aliphatic rings. The smallest absolute Gasteiger partial charge is 0.411 e. The second kappa shape index (κ2) is 11.4. The highest BCUT2D eigenvalue weighted by Crippen LogP contribution is 2.57. The average Bonchev–Trinajstić information content (AvgIpc) is 3.64. The topological polar surface area (TPSA) is 137 Å². The average molecular weight is 705 g/mol. The third-order valence-electron chi connectivity index (χ3n) is 11.3. The van der Waals surface area contributed by atoms with Crippen LogP contribution in [0.25, 0.3) is 33.6 Å². The van der Waals surface area contributed by atoms with E-state index in [2.05, 4.69) is 57.4 Å². The van der Waals surface area contributed by atoms with Crippen molar-refractivity contribution in [2.24, 2.45) is 5.92 Å². The molecule has 3 N–H and O–H groups in total. The molecule has 3 aliphatic carbocycles. The lowest BCUT2D eigenvalue weighted by atomic mass is 9.95. The van der Waals surface area contributed by atoms with E-state index < -0.39 is 22.9 Å². The number of aromatic nitrogens is 4. The van der Waals surface area contributed by atoms with Crippen LogP contribution in [-0.4, -0.2) is 75.9 Å². The number of likely N-dealkylation sites (tertiary alicyclic amines) is 2. The highest BCUT2D eigenvalue weighted by Gasteiger charge is 2.67. The Bertz CT molecular complexity index is 2070. The van der Waals surface area contributed by atoms with Gasteiger partial charge in [0.25, 0.3) is 0 Å². The zero-order chi connectivity index (χ0) is 36.3. The van der Waals surface area contributed by atoms with Crippen molar-refractivity contribution in [1.82, 2.24) is 29.7 Å². The number of rotatable bonds is 4. The van der Waals surface area contributed by atoms with Crippen molar-refractivity contribution >= 4 is 12.2 Å². The summed E-state index contributed by atoms with van der Waals surface area (Å²) in [5, 5.41) is 10.9. The molecule has 11 nitrogen and oxygen atoms in total. The number of hydrogen-bond donors (Lipinski definition) is 3. The lowest BCUT2D eigenvalue weighted by molar-refractivity contribution is 0.0163. The van der Waals surface area contributed by atoms with Gasteiger partial charge in [-0.05, 0) is 102 Å². The molecule has 0 unspecified atom stereocenters. The van der Waals surface area contributed by atoms with Crippen LogP contribution >= 0.6 is 0 Å². The summed E-state index contributed by atoms with van der Waals surface area (Å²) in [7, 11) is 0. The minimum absolute atomic E-state index is 0.0864. The minimum Gasteiger partial charge on any atom is -0.444 e. The van der Waals surface area contributed by atoms with Gasteiger partial charge in [-0.2, -0.15) is 0 Å². The Hall–Kier alpha value is -4.64. The number of benzene rings is 2. The number of H-pyrrole nitrogens is 2. The van der Waals surface area contributed by atoms with Gasteiger partial charge in [-0.3, -0.25) is 9.80 Å². The number of fused-ring (bicyclic) bond motifs is 5. The van der Waals surface area contributed by atoms with Crippen molar-refractivity contribution in [3.63, 3.8) is 0 Å². The number of imidazole rings is 2. The van der Waals surface area contributed by atoms with Crippen LogP contribution in [0.4, 0.5) is 9.59 Å². The van der Waals surface area contributed by atoms with Gasteiger partial charge in [-0.25, -0.2) is 19.6 Å². The van der Waals surface area contributed by atoms with E-state index in [1.807, 2.05) is 46.4 Å². The van der Waals surface area contributed by atoms with E-state index in [1.54, 1.807) is 11.1 Å². The fourth-order valence-electron chi connectivity index (χ4n) is 8.73. The summed E-state index contributed by atoms with van der Waals surface area (Å²) in [5.74, 6) is 2.05. The maximum absolute atomic E-state index is 13.2. The first-order valence-corrected chi connectivity index (χ1v) is 18.8. The Balaban J connectivity index is 0.929. The van der Waals surface area contributed by atoms with Gasteiger partial charge in [-0.1, -0.05) is 42.5 Å². The van der Waals surface area contributed by atoms with Crippen LogP contribution in [0, 0.1) is 5.92 Å². The molecular weight excluding hydrogens is 656 g/mol. The van der Waals surface area contributed by atoms with Gasteiger partial charge in [0, 0.05) is 30.1 Å². The standard InChI is InChI=1S/C41H48N6O5/c1-39(2,3)51-37(48)46-30-17-26(30)18-31(46)36-43-28-9-7-8-25-16-24(14-15-27(25)34(28)45-36)22-10-12-23(13-11-22)29-21-42-35(44-29)32-19-41(50)20-33(41)47(32)38(49)52-40(4,5)6/h10-16,21,26,30-33,50H,7-9,17-20H2,1-6H3,(H,42,44)(H,43,45)/t26-,30-,31+,32+,33-,41-/m1/s1. The van der Waals surface area contributed by atoms with Crippen LogP contribution in [0.3, 0.4) is 0 Å². The highest BCUT2D eigenvalue weighted by molar-refractivity contribution is 5.76. The van der Waals surface area contributed by atoms with E-state index in [0.717, 1.165) is 77.3 Å². The van der Waals surface area contributed by atoms with Crippen molar-refractivity contribution in [1.29, 1.82) is 0 Å². The number of aromatic amines is 2. The van der Waals surface area contributed by atoms with Crippen LogP contribution in [0.1, 0.15) is 109 Å². The fourth-order valence-corrected chi connectivity index (χ4v) is 8.73. The van der Waals surface area contributed by atoms with Crippen LogP contribution < -0.4 is 0 Å². The van der Waals surface area contributed by atoms with Crippen molar-refractivity contribution < 1.29 is 24.2 Å². The van der Waals surface area contributed by atoms with Gasteiger partial charge in [0.15, 0.2) is 0 Å². The van der Waals surface area contributed by atoms with Crippen molar-refractivity contribution in [3.8, 4) is 33.6 Å². The predicted octanol–water partition coefficient (Wildman–Crippen LogP) is 7.88. The number of aliphatic hydroxyl groups is 1. The maximum Gasteiger partial charge on any atom is 0.411 e. The maximum atomic E-state index is 13.2. The molecule has 2 aliphatic heterocycles. The number of hydrogen-bond acceptors (Lipinski definition) is 7. The quantitative estimate of drug-likeness (QED) is 0.197. The van der Waals surface area contributed by atoms with E-state index in [0.29, 0.717) is 24.6 Å². The van der Waals surface area contributed by atoms with Crippen LogP contribution in [0.2, 0.25) is 0 Å². The van der Waals surface area contributed by atoms with E-state index in [-0.39, 0.29) is 30.3 Å². The van der Waals surface area contributed by atoms with Gasteiger partial charge in [-0.15, -0.1) is 0 Å². The Labute approximate surface area is 304 Å². The lowest BCUT2D eigenvalue weighted by Crippen LogP contribution is -2.38. The van der Waals surface area contributed by atoms with Crippen molar-refractivity contribution in [3.05, 3.63) is 71.6 Å². The molecule has 6 atom stereocenters. The molecule has 9 rings (SSSR count). The number of nitrogens with zero attached hydrogens (tertiary/aromatic N) is 4. The summed E-state index contributed by atoms with van der Waals surface area (Å²) in [6.45, 7) is 11.3. The number of aryl methyl sites for hydroxylation is 2. The zero-order valence-corrected chi connectivity index (χ0v) is 30.8. The highest BCUT2D eigenvalue weighted by atomic mass is 16.6. The van der Waals surface area contributed by atoms with Gasteiger partial charge >= 0.3 is 12.2 Å². The van der Waals surface area contributed by atoms with Crippen LogP contribution in [0.5, 0.6) is 0 Å². The Morgan fingerprint density at radius 1 is 0.827 bits per heavy atom. The molecule has 4 aromatic rings. The number of carbonyl (C=O) groups excluding carboxylic acids is 2. The number of nitrogens with one attached hydrogen (secondary N) is 2. The minimum atomic E-state index is -0.871. The van der Waals surface area contributed by atoms with E-state index >= 15 is 0 Å². The second-order valence-electron chi connectivity index (χ2n) is 17.6. The van der Waals surface area contributed by atoms with Crippen molar-refractivity contribution in [2.45, 2.75) is 127 Å². The van der Waals surface area contributed by atoms with Crippen LogP contribution in [-0.2, 0) is 22.3 Å². The molecule has 0 bridgehead atoms. The normalized spacial score (nSPS) is 27.3. The Morgan fingerprint density at radius 3 is 2.25 bits per heavy atom. The molecule has 4 fully saturated rings. The van der Waals surface area contributed by atoms with E-state index in [4.69, 9.17) is 14.5 Å². The van der Waals surface area contributed by atoms with E-state index in [1.165, 1.54) is 5.56 Å². The summed E-state index contributed by atoms with van der Waals surface area (Å²) < 4.78 is 11.5. The van der Waals surface area contributed by atoms with E-state index in [9.17, 15) is 14.7 Å². The molecule has 2 aromatic heterocycles. The molecule has 2 amide bonds. The molecule has 2 aromatic carbocycles. The number of ether oxygens (including phenoxy) is 2. The number of amides is 2. The van der Waals surface area contributed by atoms with Crippen molar-refractivity contribution in [2.75, 3.05) is 0 Å². The summed E-state index contributed by atoms with van der Waals surface area (Å²) in [6.07, 6.45) is 7.01. The van der Waals surface area contributed by atoms with Gasteiger partial charge in [0.2, 0.25) is 0 Å². The zero-order valence-electron chi connectivity index (χ0n) is 30.8. The molecule has 11 heteroatoms.